The Bertz CT molecular complexity index is 716. The Balaban J connectivity index is 2.22. The fourth-order valence-corrected chi connectivity index (χ4v) is 2.67. The van der Waals surface area contributed by atoms with Gasteiger partial charge in [-0.2, -0.15) is 0 Å². The third-order valence-electron chi connectivity index (χ3n) is 3.08. The second kappa shape index (κ2) is 7.66. The first kappa shape index (κ1) is 17.6. The van der Waals surface area contributed by atoms with Gasteiger partial charge < -0.3 is 14.2 Å². The van der Waals surface area contributed by atoms with Gasteiger partial charge in [0.2, 0.25) is 0 Å². The Labute approximate surface area is 146 Å². The lowest BCUT2D eigenvalue weighted by Gasteiger charge is -2.13. The van der Waals surface area contributed by atoms with Gasteiger partial charge in [0, 0.05) is 5.56 Å². The number of hydrogen-bond donors (Lipinski definition) is 0. The number of halogens is 3. The highest BCUT2D eigenvalue weighted by Gasteiger charge is 2.18. The smallest absolute Gasteiger partial charge is 0.343 e. The summed E-state index contributed by atoms with van der Waals surface area (Å²) in [4.78, 5) is 12.1. The number of carbonyl (C=O) groups excluding carboxylic acids is 1. The molecule has 2 aromatic rings. The van der Waals surface area contributed by atoms with Crippen molar-refractivity contribution in [3.63, 3.8) is 0 Å². The van der Waals surface area contributed by atoms with E-state index in [0.717, 1.165) is 6.07 Å². The number of benzene rings is 2. The van der Waals surface area contributed by atoms with Crippen molar-refractivity contribution in [2.24, 2.45) is 0 Å². The average molecular weight is 404 g/mol. The molecule has 0 aromatic heterocycles. The molecule has 4 nitrogen and oxygen atoms in total. The van der Waals surface area contributed by atoms with Crippen molar-refractivity contribution >= 4 is 33.5 Å². The van der Waals surface area contributed by atoms with Crippen molar-refractivity contribution in [2.75, 3.05) is 14.2 Å². The van der Waals surface area contributed by atoms with Gasteiger partial charge in [-0.15, -0.1) is 0 Å². The highest BCUT2D eigenvalue weighted by molar-refractivity contribution is 9.10. The predicted octanol–water partition coefficient (Wildman–Crippen LogP) is 4.62. The molecule has 2 rings (SSSR count). The van der Waals surface area contributed by atoms with Crippen LogP contribution >= 0.6 is 27.5 Å². The van der Waals surface area contributed by atoms with Crippen LogP contribution in [-0.2, 0) is 11.3 Å². The maximum absolute atomic E-state index is 13.7. The summed E-state index contributed by atoms with van der Waals surface area (Å²) in [6.45, 7) is -0.115. The molecule has 0 aliphatic rings. The number of carbonyl (C=O) groups is 1. The Hall–Kier alpha value is -1.79. The van der Waals surface area contributed by atoms with Crippen LogP contribution in [0, 0.1) is 5.82 Å². The molecule has 0 unspecified atom stereocenters. The molecule has 122 valence electrons. The van der Waals surface area contributed by atoms with Crippen LogP contribution in [-0.4, -0.2) is 20.2 Å². The zero-order valence-electron chi connectivity index (χ0n) is 12.4. The number of methoxy groups -OCH3 is 2. The van der Waals surface area contributed by atoms with E-state index in [2.05, 4.69) is 15.9 Å². The first-order valence-electron chi connectivity index (χ1n) is 6.49. The second-order valence-corrected chi connectivity index (χ2v) is 5.73. The first-order chi connectivity index (χ1) is 11.0. The zero-order valence-corrected chi connectivity index (χ0v) is 14.7. The number of rotatable bonds is 5. The van der Waals surface area contributed by atoms with Crippen LogP contribution in [0.15, 0.2) is 34.8 Å². The third-order valence-corrected chi connectivity index (χ3v) is 4.02. The summed E-state index contributed by atoms with van der Waals surface area (Å²) in [5.41, 5.74) is 0.283. The van der Waals surface area contributed by atoms with Gasteiger partial charge in [-0.25, -0.2) is 9.18 Å². The minimum Gasteiger partial charge on any atom is -0.496 e. The van der Waals surface area contributed by atoms with E-state index in [-0.39, 0.29) is 17.2 Å². The van der Waals surface area contributed by atoms with Crippen LogP contribution in [0.2, 0.25) is 5.02 Å². The molecule has 0 bridgehead atoms. The van der Waals surface area contributed by atoms with Crippen molar-refractivity contribution in [3.05, 3.63) is 56.8 Å². The monoisotopic (exact) mass is 402 g/mol. The highest BCUT2D eigenvalue weighted by Crippen LogP contribution is 2.33. The lowest BCUT2D eigenvalue weighted by molar-refractivity contribution is 0.0464. The molecular formula is C16H13BrClFO4. The zero-order chi connectivity index (χ0) is 17.0. The molecule has 23 heavy (non-hydrogen) atoms. The van der Waals surface area contributed by atoms with Crippen LogP contribution in [0.4, 0.5) is 4.39 Å². The lowest BCUT2D eigenvalue weighted by atomic mass is 10.2. The molecule has 7 heteroatoms. The number of ether oxygens (including phenoxy) is 3. The fraction of sp³-hybridized carbons (Fsp3) is 0.188. The molecule has 0 saturated heterocycles. The van der Waals surface area contributed by atoms with Crippen LogP contribution in [0.5, 0.6) is 11.5 Å². The molecule has 0 spiro atoms. The summed E-state index contributed by atoms with van der Waals surface area (Å²) in [6, 6.07) is 7.34. The third kappa shape index (κ3) is 3.95. The van der Waals surface area contributed by atoms with E-state index in [0.29, 0.717) is 21.5 Å². The number of hydrogen-bond acceptors (Lipinski definition) is 4. The predicted molar refractivity (Wildman–Crippen MR) is 87.8 cm³/mol. The first-order valence-corrected chi connectivity index (χ1v) is 7.66. The van der Waals surface area contributed by atoms with Gasteiger partial charge >= 0.3 is 5.97 Å². The molecule has 2 aromatic carbocycles. The maximum atomic E-state index is 13.7. The summed E-state index contributed by atoms with van der Waals surface area (Å²) in [5.74, 6) is -0.522. The van der Waals surface area contributed by atoms with Crippen LogP contribution in [0.25, 0.3) is 0 Å². The van der Waals surface area contributed by atoms with Crippen molar-refractivity contribution in [3.8, 4) is 11.5 Å². The summed E-state index contributed by atoms with van der Waals surface area (Å²) in [7, 11) is 3.01. The molecule has 0 saturated carbocycles. The SMILES string of the molecule is COc1cc(COC(=O)c2c(F)cccc2Cl)c(OC)cc1Br. The standard InChI is InChI=1S/C16H13BrClFO4/c1-21-13-7-10(17)14(22-2)6-9(13)8-23-16(20)15-11(18)4-3-5-12(15)19/h3-7H,8H2,1-2H3. The molecule has 0 radical (unpaired) electrons. The lowest BCUT2D eigenvalue weighted by Crippen LogP contribution is -2.09. The van der Waals surface area contributed by atoms with Crippen LogP contribution < -0.4 is 9.47 Å². The fourth-order valence-electron chi connectivity index (χ4n) is 1.94. The van der Waals surface area contributed by atoms with Gasteiger partial charge in [-0.3, -0.25) is 0 Å². The van der Waals surface area contributed by atoms with E-state index in [1.165, 1.54) is 26.4 Å². The van der Waals surface area contributed by atoms with Crippen LogP contribution in [0.3, 0.4) is 0 Å². The van der Waals surface area contributed by atoms with Gasteiger partial charge in [0.25, 0.3) is 0 Å². The maximum Gasteiger partial charge on any atom is 0.343 e. The molecule has 0 N–H and O–H groups in total. The molecule has 0 aliphatic carbocycles. The van der Waals surface area contributed by atoms with Crippen molar-refractivity contribution < 1.29 is 23.4 Å². The minimum absolute atomic E-state index is 0.00430. The summed E-state index contributed by atoms with van der Waals surface area (Å²) in [5, 5.41) is -0.00430. The van der Waals surface area contributed by atoms with Gasteiger partial charge in [0.15, 0.2) is 0 Å². The van der Waals surface area contributed by atoms with E-state index in [1.807, 2.05) is 0 Å². The van der Waals surface area contributed by atoms with Crippen molar-refractivity contribution in [1.29, 1.82) is 0 Å². The van der Waals surface area contributed by atoms with Gasteiger partial charge in [0.1, 0.15) is 29.5 Å². The summed E-state index contributed by atoms with van der Waals surface area (Å²) < 4.78 is 30.0. The van der Waals surface area contributed by atoms with E-state index in [1.54, 1.807) is 12.1 Å². The van der Waals surface area contributed by atoms with Crippen molar-refractivity contribution in [2.45, 2.75) is 6.61 Å². The minimum atomic E-state index is -0.850. The molecule has 0 aliphatic heterocycles. The highest BCUT2D eigenvalue weighted by atomic mass is 79.9. The average Bonchev–Trinajstić information content (AvgIpc) is 2.53. The van der Waals surface area contributed by atoms with Gasteiger partial charge in [0.05, 0.1) is 23.7 Å². The Morgan fingerprint density at radius 2 is 1.91 bits per heavy atom. The Morgan fingerprint density at radius 3 is 2.52 bits per heavy atom. The van der Waals surface area contributed by atoms with E-state index >= 15 is 0 Å². The number of esters is 1. The molecular weight excluding hydrogens is 391 g/mol. The second-order valence-electron chi connectivity index (χ2n) is 4.47. The van der Waals surface area contributed by atoms with E-state index in [9.17, 15) is 9.18 Å². The van der Waals surface area contributed by atoms with Crippen molar-refractivity contribution in [1.82, 2.24) is 0 Å². The molecule has 0 heterocycles. The largest absolute Gasteiger partial charge is 0.496 e. The molecule has 0 amide bonds. The quantitative estimate of drug-likeness (QED) is 0.684. The topological polar surface area (TPSA) is 44.8 Å². The molecule has 0 fully saturated rings. The molecule has 0 atom stereocenters. The summed E-state index contributed by atoms with van der Waals surface area (Å²) >= 11 is 9.18. The normalized spacial score (nSPS) is 10.3. The Morgan fingerprint density at radius 1 is 1.22 bits per heavy atom. The van der Waals surface area contributed by atoms with E-state index in [4.69, 9.17) is 25.8 Å². The summed E-state index contributed by atoms with van der Waals surface area (Å²) in [6.07, 6.45) is 0. The van der Waals surface area contributed by atoms with Gasteiger partial charge in [-0.05, 0) is 40.2 Å². The Kier molecular flexibility index (Phi) is 5.85. The van der Waals surface area contributed by atoms with Gasteiger partial charge in [-0.1, -0.05) is 17.7 Å². The van der Waals surface area contributed by atoms with Crippen LogP contribution in [0.1, 0.15) is 15.9 Å². The van der Waals surface area contributed by atoms with E-state index < -0.39 is 11.8 Å².